The highest BCUT2D eigenvalue weighted by atomic mass is 16.6. The van der Waals surface area contributed by atoms with Crippen LogP contribution in [0.2, 0.25) is 0 Å². The Morgan fingerprint density at radius 1 is 0.857 bits per heavy atom. The average molecular weight is 471 g/mol. The molecule has 1 aromatic heterocycles. The van der Waals surface area contributed by atoms with Crippen LogP contribution in [-0.2, 0) is 0 Å². The fraction of sp³-hybridized carbons (Fsp3) is 0.167. The highest BCUT2D eigenvalue weighted by molar-refractivity contribution is 5.98. The summed E-state index contributed by atoms with van der Waals surface area (Å²) in [4.78, 5) is 39.4. The van der Waals surface area contributed by atoms with E-state index in [-0.39, 0.29) is 30.4 Å². The number of anilines is 1. The zero-order valence-electron chi connectivity index (χ0n) is 18.6. The van der Waals surface area contributed by atoms with Crippen molar-refractivity contribution < 1.29 is 14.5 Å². The summed E-state index contributed by atoms with van der Waals surface area (Å²) in [5.74, 6) is -0.409. The Bertz CT molecular complexity index is 1410. The molecule has 0 spiro atoms. The zero-order valence-corrected chi connectivity index (χ0v) is 18.6. The number of rotatable bonds is 4. The monoisotopic (exact) mass is 471 g/mol. The zero-order chi connectivity index (χ0) is 24.4. The number of carbonyl (C=O) groups is 2. The Hall–Kier alpha value is -4.80. The molecule has 3 aromatic carbocycles. The van der Waals surface area contributed by atoms with Crippen LogP contribution in [0.25, 0.3) is 16.7 Å². The van der Waals surface area contributed by atoms with Crippen LogP contribution in [0.15, 0.2) is 72.8 Å². The van der Waals surface area contributed by atoms with Crippen molar-refractivity contribution in [1.29, 1.82) is 0 Å². The molecule has 1 N–H and O–H groups in total. The summed E-state index contributed by atoms with van der Waals surface area (Å²) in [6.07, 6.45) is 0. The van der Waals surface area contributed by atoms with Crippen LogP contribution in [0.3, 0.4) is 0 Å². The van der Waals surface area contributed by atoms with Crippen molar-refractivity contribution in [3.05, 3.63) is 88.5 Å². The van der Waals surface area contributed by atoms with Gasteiger partial charge in [-0.05, 0) is 42.5 Å². The average Bonchev–Trinajstić information content (AvgIpc) is 3.33. The van der Waals surface area contributed by atoms with Crippen LogP contribution in [0.5, 0.6) is 0 Å². The molecule has 176 valence electrons. The number of nitrogens with zero attached hydrogens (tertiary/aromatic N) is 6. The van der Waals surface area contributed by atoms with Gasteiger partial charge < -0.3 is 15.1 Å². The molecule has 0 atom stereocenters. The molecular weight excluding hydrogens is 450 g/mol. The fourth-order valence-electron chi connectivity index (χ4n) is 4.04. The third-order valence-electron chi connectivity index (χ3n) is 5.90. The van der Waals surface area contributed by atoms with Crippen molar-refractivity contribution in [2.75, 3.05) is 31.5 Å². The summed E-state index contributed by atoms with van der Waals surface area (Å²) in [6, 6.07) is 20.5. The van der Waals surface area contributed by atoms with Gasteiger partial charge in [-0.15, -0.1) is 5.10 Å². The Balaban J connectivity index is 1.20. The highest BCUT2D eigenvalue weighted by Gasteiger charge is 2.28. The Morgan fingerprint density at radius 2 is 1.51 bits per heavy atom. The number of amides is 3. The first-order chi connectivity index (χ1) is 17.0. The maximum atomic E-state index is 12.8. The van der Waals surface area contributed by atoms with Gasteiger partial charge in [0.1, 0.15) is 11.1 Å². The van der Waals surface area contributed by atoms with Gasteiger partial charge in [-0.25, -0.2) is 9.48 Å². The van der Waals surface area contributed by atoms with E-state index in [0.717, 1.165) is 16.7 Å². The van der Waals surface area contributed by atoms with Gasteiger partial charge in [0.05, 0.1) is 16.1 Å². The lowest BCUT2D eigenvalue weighted by Crippen LogP contribution is -2.51. The van der Waals surface area contributed by atoms with E-state index in [0.29, 0.717) is 18.8 Å². The molecule has 11 nitrogen and oxygen atoms in total. The maximum Gasteiger partial charge on any atom is 0.321 e. The van der Waals surface area contributed by atoms with Crippen LogP contribution in [0.1, 0.15) is 10.4 Å². The molecular formula is C24H21N7O4. The van der Waals surface area contributed by atoms with Gasteiger partial charge >= 0.3 is 6.03 Å². The van der Waals surface area contributed by atoms with Gasteiger partial charge in [0.15, 0.2) is 0 Å². The first-order valence-electron chi connectivity index (χ1n) is 11.0. The lowest BCUT2D eigenvalue weighted by atomic mass is 10.1. The number of carbonyl (C=O) groups excluding carboxylic acids is 2. The first kappa shape index (κ1) is 22.0. The number of nitrogens with one attached hydrogen (secondary N) is 1. The second-order valence-corrected chi connectivity index (χ2v) is 8.02. The molecule has 1 fully saturated rings. The van der Waals surface area contributed by atoms with Crippen molar-refractivity contribution in [1.82, 2.24) is 24.8 Å². The Labute approximate surface area is 199 Å². The van der Waals surface area contributed by atoms with E-state index in [2.05, 4.69) is 15.6 Å². The second-order valence-electron chi connectivity index (χ2n) is 8.02. The van der Waals surface area contributed by atoms with Gasteiger partial charge in [0.2, 0.25) is 0 Å². The maximum absolute atomic E-state index is 12.8. The minimum Gasteiger partial charge on any atom is -0.335 e. The molecule has 1 aliphatic heterocycles. The molecule has 0 radical (unpaired) electrons. The molecule has 5 rings (SSSR count). The molecule has 0 bridgehead atoms. The normalized spacial score (nSPS) is 13.6. The Morgan fingerprint density at radius 3 is 2.26 bits per heavy atom. The minimum atomic E-state index is -0.562. The molecule has 0 unspecified atom stereocenters. The van der Waals surface area contributed by atoms with Crippen molar-refractivity contribution in [2.45, 2.75) is 0 Å². The van der Waals surface area contributed by atoms with E-state index in [9.17, 15) is 19.7 Å². The highest BCUT2D eigenvalue weighted by Crippen LogP contribution is 2.21. The van der Waals surface area contributed by atoms with E-state index < -0.39 is 10.8 Å². The van der Waals surface area contributed by atoms with E-state index in [4.69, 9.17) is 0 Å². The first-order valence-corrected chi connectivity index (χ1v) is 11.0. The summed E-state index contributed by atoms with van der Waals surface area (Å²) in [7, 11) is 0. The quantitative estimate of drug-likeness (QED) is 0.359. The lowest BCUT2D eigenvalue weighted by Gasteiger charge is -2.34. The predicted octanol–water partition coefficient (Wildman–Crippen LogP) is 3.32. The third-order valence-corrected chi connectivity index (χ3v) is 5.90. The van der Waals surface area contributed by atoms with E-state index in [1.165, 1.54) is 23.1 Å². The van der Waals surface area contributed by atoms with Crippen molar-refractivity contribution in [2.24, 2.45) is 0 Å². The smallest absolute Gasteiger partial charge is 0.321 e. The summed E-state index contributed by atoms with van der Waals surface area (Å²) < 4.78 is 1.73. The molecule has 1 aliphatic rings. The van der Waals surface area contributed by atoms with Crippen LogP contribution in [0, 0.1) is 10.1 Å². The molecule has 2 heterocycles. The Kier molecular flexibility index (Phi) is 5.80. The fourth-order valence-corrected chi connectivity index (χ4v) is 4.04. The summed E-state index contributed by atoms with van der Waals surface area (Å²) in [5, 5.41) is 22.4. The van der Waals surface area contributed by atoms with Crippen molar-refractivity contribution in [3.63, 3.8) is 0 Å². The molecule has 0 saturated carbocycles. The number of nitro groups is 1. The van der Waals surface area contributed by atoms with Crippen LogP contribution >= 0.6 is 0 Å². The van der Waals surface area contributed by atoms with E-state index >= 15 is 0 Å². The summed E-state index contributed by atoms with van der Waals surface area (Å²) >= 11 is 0. The topological polar surface area (TPSA) is 127 Å². The standard InChI is InChI=1S/C24H21N7O4/c32-23(19-5-1-3-7-21(19)31(34)35)28-13-15-29(16-14-28)24(33)25-17-9-11-18(12-10-17)30-22-8-4-2-6-20(22)26-27-30/h1-12H,13-16H2,(H,25,33). The van der Waals surface area contributed by atoms with Crippen LogP contribution in [0.4, 0.5) is 16.2 Å². The van der Waals surface area contributed by atoms with E-state index in [1.807, 2.05) is 36.4 Å². The van der Waals surface area contributed by atoms with Crippen molar-refractivity contribution >= 4 is 34.3 Å². The predicted molar refractivity (Wildman–Crippen MR) is 128 cm³/mol. The van der Waals surface area contributed by atoms with Gasteiger partial charge in [-0.2, -0.15) is 0 Å². The number of benzene rings is 3. The molecule has 35 heavy (non-hydrogen) atoms. The van der Waals surface area contributed by atoms with Crippen LogP contribution < -0.4 is 5.32 Å². The number of fused-ring (bicyclic) bond motifs is 1. The van der Waals surface area contributed by atoms with Crippen LogP contribution in [-0.4, -0.2) is 67.8 Å². The number of para-hydroxylation sites is 2. The number of hydrogen-bond donors (Lipinski definition) is 1. The molecule has 0 aliphatic carbocycles. The van der Waals surface area contributed by atoms with Gasteiger partial charge in [0, 0.05) is 37.9 Å². The van der Waals surface area contributed by atoms with Gasteiger partial charge in [0.25, 0.3) is 11.6 Å². The minimum absolute atomic E-state index is 0.0515. The van der Waals surface area contributed by atoms with E-state index in [1.54, 1.807) is 27.8 Å². The number of piperazine rings is 1. The number of aromatic nitrogens is 3. The number of hydrogen-bond acceptors (Lipinski definition) is 6. The van der Waals surface area contributed by atoms with Crippen molar-refractivity contribution in [3.8, 4) is 5.69 Å². The molecule has 1 saturated heterocycles. The summed E-state index contributed by atoms with van der Waals surface area (Å²) in [6.45, 7) is 1.22. The SMILES string of the molecule is O=C(Nc1ccc(-n2nnc3ccccc32)cc1)N1CCN(C(=O)c2ccccc2[N+](=O)[O-])CC1. The molecule has 11 heteroatoms. The lowest BCUT2D eigenvalue weighted by molar-refractivity contribution is -0.385. The largest absolute Gasteiger partial charge is 0.335 e. The second kappa shape index (κ2) is 9.21. The summed E-state index contributed by atoms with van der Waals surface area (Å²) in [5.41, 5.74) is 2.96. The number of nitro benzene ring substituents is 1. The molecule has 4 aromatic rings. The molecule has 3 amide bonds. The number of urea groups is 1. The van der Waals surface area contributed by atoms with Gasteiger partial charge in [-0.1, -0.05) is 29.5 Å². The van der Waals surface area contributed by atoms with Gasteiger partial charge in [-0.3, -0.25) is 14.9 Å². The third kappa shape index (κ3) is 4.38.